The average molecular weight is 338 g/mol. The number of rotatable bonds is 4. The van der Waals surface area contributed by atoms with Crippen molar-refractivity contribution < 1.29 is 8.42 Å². The summed E-state index contributed by atoms with van der Waals surface area (Å²) in [5, 5.41) is 13.3. The molecule has 0 radical (unpaired) electrons. The number of nitrogens with one attached hydrogen (secondary N) is 1. The Bertz CT molecular complexity index is 1020. The summed E-state index contributed by atoms with van der Waals surface area (Å²) in [7, 11) is -3.83. The van der Waals surface area contributed by atoms with E-state index in [2.05, 4.69) is 9.82 Å². The molecule has 0 amide bonds. The quantitative estimate of drug-likeness (QED) is 0.792. The maximum Gasteiger partial charge on any atom is 0.265 e. The standard InChI is InChI=1S/C17H14N4O2S/c1-13-6-5-9-17(16(13)10-18)20-24(22,23)15-11-19-21(12-15)14-7-3-2-4-8-14/h2-9,11-12,20H,1H3. The molecule has 0 aliphatic rings. The van der Waals surface area contributed by atoms with Crippen LogP contribution in [0.2, 0.25) is 0 Å². The molecular formula is C17H14N4O2S. The van der Waals surface area contributed by atoms with E-state index in [4.69, 9.17) is 0 Å². The van der Waals surface area contributed by atoms with Crippen molar-refractivity contribution in [3.63, 3.8) is 0 Å². The average Bonchev–Trinajstić information content (AvgIpc) is 3.07. The highest BCUT2D eigenvalue weighted by atomic mass is 32.2. The van der Waals surface area contributed by atoms with Crippen LogP contribution in [0, 0.1) is 18.3 Å². The van der Waals surface area contributed by atoms with E-state index in [1.807, 2.05) is 36.4 Å². The van der Waals surface area contributed by atoms with Gasteiger partial charge in [-0.05, 0) is 30.7 Å². The highest BCUT2D eigenvalue weighted by molar-refractivity contribution is 7.92. The van der Waals surface area contributed by atoms with Crippen molar-refractivity contribution in [3.8, 4) is 11.8 Å². The Morgan fingerprint density at radius 2 is 1.88 bits per heavy atom. The van der Waals surface area contributed by atoms with Crippen LogP contribution < -0.4 is 4.72 Å². The third kappa shape index (κ3) is 3.00. The summed E-state index contributed by atoms with van der Waals surface area (Å²) in [6.07, 6.45) is 2.71. The van der Waals surface area contributed by atoms with Crippen LogP contribution in [0.1, 0.15) is 11.1 Å². The predicted octanol–water partition coefficient (Wildman–Crippen LogP) is 2.85. The minimum atomic E-state index is -3.83. The van der Waals surface area contributed by atoms with Gasteiger partial charge in [0.05, 0.1) is 29.3 Å². The van der Waals surface area contributed by atoms with Crippen LogP contribution in [0.15, 0.2) is 65.8 Å². The van der Waals surface area contributed by atoms with Gasteiger partial charge in [-0.1, -0.05) is 30.3 Å². The molecule has 0 saturated heterocycles. The van der Waals surface area contributed by atoms with Crippen molar-refractivity contribution in [2.75, 3.05) is 4.72 Å². The van der Waals surface area contributed by atoms with Crippen molar-refractivity contribution in [3.05, 3.63) is 72.1 Å². The molecule has 1 heterocycles. The first-order chi connectivity index (χ1) is 11.5. The fourth-order valence-corrected chi connectivity index (χ4v) is 3.27. The van der Waals surface area contributed by atoms with Gasteiger partial charge in [0.15, 0.2) is 0 Å². The van der Waals surface area contributed by atoms with Crippen molar-refractivity contribution in [1.82, 2.24) is 9.78 Å². The Balaban J connectivity index is 1.94. The van der Waals surface area contributed by atoms with Crippen molar-refractivity contribution in [2.45, 2.75) is 11.8 Å². The molecule has 6 nitrogen and oxygen atoms in total. The van der Waals surface area contributed by atoms with Gasteiger partial charge in [0.2, 0.25) is 0 Å². The van der Waals surface area contributed by atoms with Gasteiger partial charge < -0.3 is 0 Å². The minimum absolute atomic E-state index is 0.0248. The summed E-state index contributed by atoms with van der Waals surface area (Å²) in [6.45, 7) is 1.75. The number of nitrogens with zero attached hydrogens (tertiary/aromatic N) is 3. The van der Waals surface area contributed by atoms with E-state index in [0.717, 1.165) is 5.69 Å². The van der Waals surface area contributed by atoms with Crippen LogP contribution in [0.3, 0.4) is 0 Å². The van der Waals surface area contributed by atoms with Crippen LogP contribution in [-0.2, 0) is 10.0 Å². The summed E-state index contributed by atoms with van der Waals surface area (Å²) in [6, 6.07) is 16.2. The molecule has 120 valence electrons. The van der Waals surface area contributed by atoms with E-state index in [1.54, 1.807) is 25.1 Å². The minimum Gasteiger partial charge on any atom is -0.278 e. The number of aryl methyl sites for hydroxylation is 1. The SMILES string of the molecule is Cc1cccc(NS(=O)(=O)c2cnn(-c3ccccc3)c2)c1C#N. The maximum atomic E-state index is 12.6. The third-order valence-electron chi connectivity index (χ3n) is 3.52. The Morgan fingerprint density at radius 1 is 1.12 bits per heavy atom. The fourth-order valence-electron chi connectivity index (χ4n) is 2.27. The molecule has 0 atom stereocenters. The van der Waals surface area contributed by atoms with Crippen LogP contribution in [0.4, 0.5) is 5.69 Å². The molecule has 0 fully saturated rings. The van der Waals surface area contributed by atoms with Gasteiger partial charge in [0.1, 0.15) is 11.0 Å². The zero-order chi connectivity index (χ0) is 17.2. The molecule has 0 aliphatic carbocycles. The molecule has 24 heavy (non-hydrogen) atoms. The molecule has 0 saturated carbocycles. The summed E-state index contributed by atoms with van der Waals surface area (Å²) >= 11 is 0. The zero-order valence-electron chi connectivity index (χ0n) is 12.8. The smallest absolute Gasteiger partial charge is 0.265 e. The molecule has 1 aromatic heterocycles. The number of benzene rings is 2. The highest BCUT2D eigenvalue weighted by Gasteiger charge is 2.19. The first-order valence-electron chi connectivity index (χ1n) is 7.14. The van der Waals surface area contributed by atoms with E-state index in [1.165, 1.54) is 17.1 Å². The number of anilines is 1. The lowest BCUT2D eigenvalue weighted by Crippen LogP contribution is -2.13. The second-order valence-electron chi connectivity index (χ2n) is 5.17. The Morgan fingerprint density at radius 3 is 2.58 bits per heavy atom. The van der Waals surface area contributed by atoms with Gasteiger partial charge in [0, 0.05) is 0 Å². The Labute approximate surface area is 140 Å². The highest BCUT2D eigenvalue weighted by Crippen LogP contribution is 2.22. The molecule has 0 bridgehead atoms. The Kier molecular flexibility index (Phi) is 4.06. The normalized spacial score (nSPS) is 11.0. The second kappa shape index (κ2) is 6.18. The molecule has 2 aromatic carbocycles. The lowest BCUT2D eigenvalue weighted by Gasteiger charge is -2.09. The predicted molar refractivity (Wildman–Crippen MR) is 90.3 cm³/mol. The number of sulfonamides is 1. The first-order valence-corrected chi connectivity index (χ1v) is 8.62. The summed E-state index contributed by atoms with van der Waals surface area (Å²) in [5.74, 6) is 0. The summed E-state index contributed by atoms with van der Waals surface area (Å²) in [4.78, 5) is 0.0248. The third-order valence-corrected chi connectivity index (χ3v) is 4.84. The van der Waals surface area contributed by atoms with Crippen LogP contribution in [0.5, 0.6) is 0 Å². The van der Waals surface area contributed by atoms with Crippen molar-refractivity contribution >= 4 is 15.7 Å². The van der Waals surface area contributed by atoms with E-state index in [9.17, 15) is 13.7 Å². The largest absolute Gasteiger partial charge is 0.278 e. The molecule has 3 aromatic rings. The van der Waals surface area contributed by atoms with Crippen LogP contribution >= 0.6 is 0 Å². The van der Waals surface area contributed by atoms with Crippen LogP contribution in [-0.4, -0.2) is 18.2 Å². The summed E-state index contributed by atoms with van der Waals surface area (Å²) < 4.78 is 29.0. The van der Waals surface area contributed by atoms with Crippen LogP contribution in [0.25, 0.3) is 5.69 Å². The number of hydrogen-bond acceptors (Lipinski definition) is 4. The maximum absolute atomic E-state index is 12.6. The van der Waals surface area contributed by atoms with Gasteiger partial charge in [-0.15, -0.1) is 0 Å². The topological polar surface area (TPSA) is 87.8 Å². The lowest BCUT2D eigenvalue weighted by atomic mass is 10.1. The Hall–Kier alpha value is -3.11. The van der Waals surface area contributed by atoms with E-state index < -0.39 is 10.0 Å². The monoisotopic (exact) mass is 338 g/mol. The number of hydrogen-bond donors (Lipinski definition) is 1. The molecule has 0 spiro atoms. The van der Waals surface area contributed by atoms with Crippen molar-refractivity contribution in [2.24, 2.45) is 0 Å². The van der Waals surface area contributed by atoms with E-state index in [-0.39, 0.29) is 10.6 Å². The lowest BCUT2D eigenvalue weighted by molar-refractivity contribution is 0.601. The van der Waals surface area contributed by atoms with Gasteiger partial charge in [-0.25, -0.2) is 13.1 Å². The second-order valence-corrected chi connectivity index (χ2v) is 6.85. The van der Waals surface area contributed by atoms with Crippen molar-refractivity contribution in [1.29, 1.82) is 5.26 Å². The number of para-hydroxylation sites is 1. The number of nitriles is 1. The molecule has 3 rings (SSSR count). The first kappa shape index (κ1) is 15.8. The molecule has 7 heteroatoms. The van der Waals surface area contributed by atoms with Gasteiger partial charge in [-0.3, -0.25) is 4.72 Å². The van der Waals surface area contributed by atoms with E-state index >= 15 is 0 Å². The van der Waals surface area contributed by atoms with Gasteiger partial charge in [-0.2, -0.15) is 10.4 Å². The van der Waals surface area contributed by atoms with E-state index in [0.29, 0.717) is 11.1 Å². The van der Waals surface area contributed by atoms with Gasteiger partial charge in [0.25, 0.3) is 10.0 Å². The number of aromatic nitrogens is 2. The fraction of sp³-hybridized carbons (Fsp3) is 0.0588. The summed E-state index contributed by atoms with van der Waals surface area (Å²) in [5.41, 5.74) is 2.02. The van der Waals surface area contributed by atoms with Gasteiger partial charge >= 0.3 is 0 Å². The zero-order valence-corrected chi connectivity index (χ0v) is 13.7. The molecule has 0 unspecified atom stereocenters. The molecule has 1 N–H and O–H groups in total. The molecular weight excluding hydrogens is 324 g/mol. The molecule has 0 aliphatic heterocycles.